The molecule has 6 saturated heterocycles. The minimum atomic E-state index is 0.415. The van der Waals surface area contributed by atoms with E-state index in [1.165, 1.54) is 0 Å². The lowest BCUT2D eigenvalue weighted by Gasteiger charge is -2.52. The Labute approximate surface area is 583 Å². The first kappa shape index (κ1) is 68.1. The van der Waals surface area contributed by atoms with Crippen molar-refractivity contribution >= 4 is 46.4 Å². The Morgan fingerprint density at radius 2 is 0.812 bits per heavy atom. The van der Waals surface area contributed by atoms with E-state index >= 15 is 0 Å². The predicted octanol–water partition coefficient (Wildman–Crippen LogP) is 15.4. The van der Waals surface area contributed by atoms with Gasteiger partial charge in [0, 0.05) is 207 Å². The third kappa shape index (κ3) is 15.2. The summed E-state index contributed by atoms with van der Waals surface area (Å²) < 4.78 is 45.3. The van der Waals surface area contributed by atoms with Crippen LogP contribution in [0.15, 0.2) is 122 Å². The smallest absolute Gasteiger partial charge is 0.218 e. The number of methoxy groups -OCH3 is 4. The average Bonchev–Trinajstić information content (AvgIpc) is 0.795. The van der Waals surface area contributed by atoms with Gasteiger partial charge in [-0.15, -0.1) is 0 Å². The van der Waals surface area contributed by atoms with Crippen molar-refractivity contribution in [3.63, 3.8) is 0 Å². The van der Waals surface area contributed by atoms with Crippen LogP contribution in [-0.2, 0) is 45.1 Å². The molecule has 0 bridgehead atoms. The maximum atomic E-state index is 7.14. The highest BCUT2D eigenvalue weighted by atomic mass is 35.5. The molecule has 2 spiro atoms. The Bertz CT molecular complexity index is 3750. The van der Waals surface area contributed by atoms with E-state index in [4.69, 9.17) is 94.3 Å². The summed E-state index contributed by atoms with van der Waals surface area (Å²) >= 11 is 28.5. The van der Waals surface area contributed by atoms with Crippen molar-refractivity contribution in [1.29, 1.82) is 0 Å². The second-order valence-corrected chi connectivity index (χ2v) is 27.7. The second kappa shape index (κ2) is 31.2. The zero-order valence-corrected chi connectivity index (χ0v) is 58.2. The predicted molar refractivity (Wildman–Crippen MR) is 380 cm³/mol. The van der Waals surface area contributed by atoms with Crippen LogP contribution in [0.25, 0.3) is 67.3 Å². The van der Waals surface area contributed by atoms with Crippen LogP contribution in [0.5, 0.6) is 23.3 Å². The van der Waals surface area contributed by atoms with Crippen LogP contribution in [-0.4, -0.2) is 149 Å². The van der Waals surface area contributed by atoms with E-state index in [1.54, 1.807) is 40.8 Å². The quantitative estimate of drug-likeness (QED) is 0.0742. The highest BCUT2D eigenvalue weighted by molar-refractivity contribution is 6.40. The van der Waals surface area contributed by atoms with Gasteiger partial charge in [-0.3, -0.25) is 19.8 Å². The van der Waals surface area contributed by atoms with Gasteiger partial charge in [-0.2, -0.15) is 0 Å². The van der Waals surface area contributed by atoms with Crippen molar-refractivity contribution in [3.8, 4) is 90.5 Å². The Morgan fingerprint density at radius 3 is 1.28 bits per heavy atom. The molecule has 0 radical (unpaired) electrons. The highest BCUT2D eigenvalue weighted by Crippen LogP contribution is 2.47. The molecule has 20 heteroatoms. The fourth-order valence-corrected chi connectivity index (χ4v) is 15.8. The molecule has 0 unspecified atom stereocenters. The van der Waals surface area contributed by atoms with Gasteiger partial charge in [0.2, 0.25) is 11.8 Å². The maximum Gasteiger partial charge on any atom is 0.218 e. The zero-order chi connectivity index (χ0) is 66.2. The SMILES string of the molecule is COc1cc(-c2nccc(-c3cccc(-c4ccc(CN5CC6(CCOCC6)C5)c(OC)n4)c3Cl)c2Cl)ccc1CNC1CCOCC1.COc1cc(-c2nccc(-c3cccc(-c4ccc(CNC5CCOCC5)c(OC)n4)c3Cl)c2Cl)ccc1CN1CC2(CCOCC2)C1. The molecule has 0 atom stereocenters. The molecular weight excluding hydrogens is 1290 g/mol. The molecule has 96 heavy (non-hydrogen) atoms. The first-order valence-corrected chi connectivity index (χ1v) is 35.0. The summed E-state index contributed by atoms with van der Waals surface area (Å²) in [6.07, 6.45) is 12.2. The van der Waals surface area contributed by atoms with Gasteiger partial charge in [0.25, 0.3) is 0 Å². The van der Waals surface area contributed by atoms with E-state index in [0.717, 1.165) is 233 Å². The topological polar surface area (TPSA) is 156 Å². The van der Waals surface area contributed by atoms with E-state index in [9.17, 15) is 0 Å². The molecule has 10 heterocycles. The maximum absolute atomic E-state index is 7.14. The zero-order valence-electron chi connectivity index (χ0n) is 55.1. The lowest BCUT2D eigenvalue weighted by atomic mass is 9.73. The monoisotopic (exact) mass is 1380 g/mol. The van der Waals surface area contributed by atoms with Crippen LogP contribution in [0.2, 0.25) is 20.1 Å². The van der Waals surface area contributed by atoms with E-state index < -0.39 is 0 Å². The van der Waals surface area contributed by atoms with Crippen molar-refractivity contribution in [1.82, 2.24) is 40.4 Å². The largest absolute Gasteiger partial charge is 0.496 e. The van der Waals surface area contributed by atoms with Gasteiger partial charge in [0.1, 0.15) is 11.5 Å². The molecule has 14 rings (SSSR count). The number of hydrogen-bond acceptors (Lipinski definition) is 16. The molecule has 504 valence electrons. The highest BCUT2D eigenvalue weighted by Gasteiger charge is 2.45. The summed E-state index contributed by atoms with van der Waals surface area (Å²) in [5.74, 6) is 2.81. The first-order valence-electron chi connectivity index (χ1n) is 33.5. The number of ether oxygens (including phenoxy) is 8. The van der Waals surface area contributed by atoms with Crippen LogP contribution >= 0.6 is 46.4 Å². The molecule has 0 aliphatic carbocycles. The van der Waals surface area contributed by atoms with Crippen LogP contribution in [0.4, 0.5) is 0 Å². The van der Waals surface area contributed by atoms with Gasteiger partial charge in [-0.25, -0.2) is 9.97 Å². The summed E-state index contributed by atoms with van der Waals surface area (Å²) in [6.45, 7) is 14.1. The lowest BCUT2D eigenvalue weighted by Crippen LogP contribution is -2.57. The molecule has 6 aliphatic heterocycles. The van der Waals surface area contributed by atoms with Gasteiger partial charge in [0.05, 0.1) is 71.3 Å². The fraction of sp³-hybridized carbons (Fsp3) is 0.421. The van der Waals surface area contributed by atoms with Gasteiger partial charge in [-0.1, -0.05) is 119 Å². The number of halogens is 4. The number of likely N-dealkylation sites (tertiary alicyclic amines) is 2. The van der Waals surface area contributed by atoms with Crippen LogP contribution in [0.3, 0.4) is 0 Å². The van der Waals surface area contributed by atoms with Crippen molar-refractivity contribution in [2.24, 2.45) is 10.8 Å². The van der Waals surface area contributed by atoms with E-state index in [0.29, 0.717) is 79.2 Å². The number of aromatic nitrogens is 4. The molecule has 4 aromatic carbocycles. The number of rotatable bonds is 20. The molecule has 0 amide bonds. The summed E-state index contributed by atoms with van der Waals surface area (Å²) in [5.41, 5.74) is 14.5. The second-order valence-electron chi connectivity index (χ2n) is 26.2. The van der Waals surface area contributed by atoms with E-state index in [1.807, 2.05) is 78.9 Å². The summed E-state index contributed by atoms with van der Waals surface area (Å²) in [7, 11) is 6.73. The third-order valence-corrected chi connectivity index (χ3v) is 21.6. The molecule has 2 N–H and O–H groups in total. The Balaban J connectivity index is 0.000000174. The van der Waals surface area contributed by atoms with Crippen molar-refractivity contribution in [2.75, 3.05) is 107 Å². The van der Waals surface area contributed by atoms with Gasteiger partial charge in [-0.05, 0) is 87.8 Å². The standard InChI is InChI=1S/2C38H42Cl2N4O4/c1-45-33-20-25(6-7-27(33)22-44-23-38(24-44)13-18-48-19-14-38)36-35(40)30(10-15-41-36)29-4-3-5-31(34(29)39)32-9-8-26(37(43-32)46-2)21-42-28-11-16-47-17-12-28;1-45-33-20-25(6-7-26(33)21-42-28-11-16-47-17-12-28)36-35(40)30(10-15-41-36)29-4-3-5-31(34(29)39)32-9-8-27(37(43-32)46-2)22-44-23-38(24-44)13-18-48-19-14-38/h2*3-10,15,20,28,42H,11-14,16-19,21-24H2,1-2H3. The lowest BCUT2D eigenvalue weighted by molar-refractivity contribution is -0.0842. The van der Waals surface area contributed by atoms with Gasteiger partial charge in [0.15, 0.2) is 0 Å². The van der Waals surface area contributed by atoms with Crippen molar-refractivity contribution in [3.05, 3.63) is 164 Å². The molecule has 6 fully saturated rings. The minimum absolute atomic E-state index is 0.415. The Hall–Kier alpha value is -6.48. The average molecular weight is 1380 g/mol. The van der Waals surface area contributed by atoms with Crippen LogP contribution in [0.1, 0.15) is 73.6 Å². The van der Waals surface area contributed by atoms with Crippen molar-refractivity contribution < 1.29 is 37.9 Å². The Kier molecular flexibility index (Phi) is 22.1. The molecule has 0 saturated carbocycles. The summed E-state index contributed by atoms with van der Waals surface area (Å²) in [6, 6.07) is 37.0. The normalized spacial score (nSPS) is 18.1. The minimum Gasteiger partial charge on any atom is -0.496 e. The molecule has 6 aliphatic rings. The first-order chi connectivity index (χ1) is 46.9. The number of nitrogens with one attached hydrogen (secondary N) is 2. The Morgan fingerprint density at radius 1 is 0.427 bits per heavy atom. The summed E-state index contributed by atoms with van der Waals surface area (Å²) in [4.78, 5) is 24.1. The van der Waals surface area contributed by atoms with Crippen LogP contribution < -0.4 is 29.6 Å². The number of hydrogen-bond donors (Lipinski definition) is 2. The third-order valence-electron chi connectivity index (χ3n) is 20.0. The molecule has 8 aromatic rings. The molecular formula is C76H84Cl4N8O8. The number of pyridine rings is 4. The number of nitrogens with zero attached hydrogens (tertiary/aromatic N) is 6. The van der Waals surface area contributed by atoms with E-state index in [-0.39, 0.29) is 0 Å². The van der Waals surface area contributed by atoms with Gasteiger partial charge < -0.3 is 48.5 Å². The van der Waals surface area contributed by atoms with E-state index in [2.05, 4.69) is 60.7 Å². The fourth-order valence-electron chi connectivity index (χ4n) is 14.6. The van der Waals surface area contributed by atoms with Crippen molar-refractivity contribution in [2.45, 2.75) is 89.6 Å². The summed E-state index contributed by atoms with van der Waals surface area (Å²) in [5, 5.41) is 9.42. The number of benzene rings is 4. The van der Waals surface area contributed by atoms with Gasteiger partial charge >= 0.3 is 0 Å². The molecule has 4 aromatic heterocycles. The van der Waals surface area contributed by atoms with Crippen LogP contribution in [0, 0.1) is 10.8 Å². The molecule has 16 nitrogen and oxygen atoms in total.